The van der Waals surface area contributed by atoms with E-state index in [4.69, 9.17) is 0 Å². The number of carbonyl (C=O) groups excluding carboxylic acids is 1. The van der Waals surface area contributed by atoms with E-state index in [2.05, 4.69) is 20.8 Å². The second-order valence-corrected chi connectivity index (χ2v) is 9.09. The SMILES string of the molecule is C/C=C\C=C/C(C)CC(=O)NCCCCCc1nnc(Nc2ccccc2F)[se]1. The van der Waals surface area contributed by atoms with E-state index in [1.165, 1.54) is 6.07 Å². The first-order chi connectivity index (χ1) is 14.1. The van der Waals surface area contributed by atoms with E-state index >= 15 is 0 Å². The van der Waals surface area contributed by atoms with Gasteiger partial charge in [0.05, 0.1) is 0 Å². The van der Waals surface area contributed by atoms with Crippen molar-refractivity contribution in [2.75, 3.05) is 11.9 Å². The van der Waals surface area contributed by atoms with Crippen LogP contribution in [0.1, 0.15) is 44.1 Å². The number of hydrogen-bond acceptors (Lipinski definition) is 4. The van der Waals surface area contributed by atoms with Gasteiger partial charge in [0.2, 0.25) is 0 Å². The van der Waals surface area contributed by atoms with Crippen LogP contribution in [0.3, 0.4) is 0 Å². The molecule has 1 aromatic carbocycles. The Balaban J connectivity index is 1.58. The Labute approximate surface area is 178 Å². The van der Waals surface area contributed by atoms with Crippen molar-refractivity contribution < 1.29 is 9.18 Å². The fourth-order valence-corrected chi connectivity index (χ4v) is 4.35. The van der Waals surface area contributed by atoms with Gasteiger partial charge in [-0.15, -0.1) is 0 Å². The van der Waals surface area contributed by atoms with Crippen molar-refractivity contribution in [1.82, 2.24) is 15.5 Å². The zero-order valence-electron chi connectivity index (χ0n) is 17.0. The summed E-state index contributed by atoms with van der Waals surface area (Å²) < 4.78 is 15.5. The number of amides is 1. The summed E-state index contributed by atoms with van der Waals surface area (Å²) in [5, 5.41) is 14.4. The van der Waals surface area contributed by atoms with Gasteiger partial charge >= 0.3 is 159 Å². The number of halogens is 1. The molecular weight excluding hydrogens is 434 g/mol. The summed E-state index contributed by atoms with van der Waals surface area (Å²) in [5.41, 5.74) is 0.437. The van der Waals surface area contributed by atoms with Crippen LogP contribution in [0.2, 0.25) is 0 Å². The number of aryl methyl sites for hydroxylation is 1. The van der Waals surface area contributed by atoms with Gasteiger partial charge in [0.1, 0.15) is 0 Å². The van der Waals surface area contributed by atoms with Crippen molar-refractivity contribution in [3.63, 3.8) is 0 Å². The normalized spacial score (nSPS) is 12.5. The van der Waals surface area contributed by atoms with Gasteiger partial charge in [0.15, 0.2) is 0 Å². The first kappa shape index (κ1) is 23.0. The molecule has 0 saturated heterocycles. The molecule has 2 N–H and O–H groups in total. The van der Waals surface area contributed by atoms with Crippen molar-refractivity contribution >= 4 is 30.8 Å². The minimum absolute atomic E-state index is 0.0210. The number of unbranched alkanes of at least 4 members (excludes halogenated alkanes) is 2. The molecule has 2 rings (SSSR count). The van der Waals surface area contributed by atoms with Gasteiger partial charge in [0.25, 0.3) is 0 Å². The number of nitrogens with zero attached hydrogens (tertiary/aromatic N) is 2. The van der Waals surface area contributed by atoms with Crippen LogP contribution in [0.5, 0.6) is 0 Å². The Kier molecular flexibility index (Phi) is 10.4. The molecule has 0 fully saturated rings. The molecular formula is C22H29FN4OSe. The molecule has 2 aromatic rings. The van der Waals surface area contributed by atoms with Crippen molar-refractivity contribution in [3.05, 3.63) is 59.0 Å². The van der Waals surface area contributed by atoms with Crippen molar-refractivity contribution in [2.24, 2.45) is 5.92 Å². The van der Waals surface area contributed by atoms with E-state index in [9.17, 15) is 9.18 Å². The van der Waals surface area contributed by atoms with Crippen LogP contribution in [-0.2, 0) is 11.2 Å². The summed E-state index contributed by atoms with van der Waals surface area (Å²) in [7, 11) is 0. The minimum atomic E-state index is -0.287. The summed E-state index contributed by atoms with van der Waals surface area (Å²) in [6.45, 7) is 4.72. The number of nitrogens with one attached hydrogen (secondary N) is 2. The van der Waals surface area contributed by atoms with Crippen LogP contribution in [0, 0.1) is 11.7 Å². The topological polar surface area (TPSA) is 66.9 Å². The van der Waals surface area contributed by atoms with Crippen LogP contribution in [-0.4, -0.2) is 37.2 Å². The Morgan fingerprint density at radius 3 is 2.83 bits per heavy atom. The van der Waals surface area contributed by atoms with Gasteiger partial charge in [-0.3, -0.25) is 0 Å². The van der Waals surface area contributed by atoms with Crippen molar-refractivity contribution in [2.45, 2.75) is 46.0 Å². The predicted molar refractivity (Wildman–Crippen MR) is 117 cm³/mol. The molecule has 0 aliphatic rings. The molecule has 1 unspecified atom stereocenters. The first-order valence-corrected chi connectivity index (χ1v) is 11.7. The van der Waals surface area contributed by atoms with Gasteiger partial charge in [-0.1, -0.05) is 12.2 Å². The van der Waals surface area contributed by atoms with E-state index in [0.29, 0.717) is 18.7 Å². The molecule has 0 saturated carbocycles. The second-order valence-electron chi connectivity index (χ2n) is 6.86. The number of carbonyl (C=O) groups is 1. The van der Waals surface area contributed by atoms with E-state index in [1.807, 2.05) is 38.2 Å². The molecule has 0 bridgehead atoms. The number of rotatable bonds is 12. The number of allylic oxidation sites excluding steroid dienone is 4. The Morgan fingerprint density at radius 1 is 1.21 bits per heavy atom. The molecule has 1 atom stereocenters. The summed E-state index contributed by atoms with van der Waals surface area (Å²) in [6, 6.07) is 6.57. The summed E-state index contributed by atoms with van der Waals surface area (Å²) >= 11 is 0.0210. The van der Waals surface area contributed by atoms with E-state index < -0.39 is 0 Å². The fourth-order valence-electron chi connectivity index (χ4n) is 2.69. The van der Waals surface area contributed by atoms with Gasteiger partial charge < -0.3 is 0 Å². The van der Waals surface area contributed by atoms with Crippen molar-refractivity contribution in [1.29, 1.82) is 0 Å². The monoisotopic (exact) mass is 464 g/mol. The third-order valence-corrected chi connectivity index (χ3v) is 6.11. The van der Waals surface area contributed by atoms with Crippen LogP contribution in [0.25, 0.3) is 0 Å². The van der Waals surface area contributed by atoms with Gasteiger partial charge in [-0.25, -0.2) is 0 Å². The molecule has 29 heavy (non-hydrogen) atoms. The van der Waals surface area contributed by atoms with Gasteiger partial charge in [-0.2, -0.15) is 0 Å². The molecule has 0 aliphatic heterocycles. The number of para-hydroxylation sites is 1. The molecule has 156 valence electrons. The zero-order chi connectivity index (χ0) is 20.9. The van der Waals surface area contributed by atoms with E-state index in [0.717, 1.165) is 34.9 Å². The fraction of sp³-hybridized carbons (Fsp3) is 0.409. The number of hydrogen-bond donors (Lipinski definition) is 2. The molecule has 1 heterocycles. The molecule has 1 amide bonds. The standard InChI is InChI=1S/C22H29FN4OSe/c1-3-4-6-11-17(2)16-20(28)24-15-10-5-7-14-21-26-27-22(29-21)25-19-13-9-8-12-18(19)23/h3-4,6,8-9,11-13,17H,5,7,10,14-16H2,1-2H3,(H,24,28)(H,25,27)/b4-3-,11-6-. The number of aromatic nitrogens is 2. The third-order valence-electron chi connectivity index (χ3n) is 4.22. The average molecular weight is 463 g/mol. The second kappa shape index (κ2) is 13.1. The summed E-state index contributed by atoms with van der Waals surface area (Å²) in [5.74, 6) is 0.0501. The molecule has 0 spiro atoms. The third kappa shape index (κ3) is 9.20. The molecule has 5 nitrogen and oxygen atoms in total. The zero-order valence-corrected chi connectivity index (χ0v) is 18.7. The number of benzene rings is 1. The van der Waals surface area contributed by atoms with Crippen LogP contribution in [0.15, 0.2) is 48.6 Å². The predicted octanol–water partition coefficient (Wildman–Crippen LogP) is 4.40. The van der Waals surface area contributed by atoms with E-state index in [1.54, 1.807) is 18.2 Å². The molecule has 0 aliphatic carbocycles. The summed E-state index contributed by atoms with van der Waals surface area (Å²) in [6.07, 6.45) is 12.4. The Hall–Kier alpha value is -2.24. The maximum absolute atomic E-state index is 13.7. The molecule has 1 aromatic heterocycles. The first-order valence-electron chi connectivity index (χ1n) is 9.98. The average Bonchev–Trinajstić information content (AvgIpc) is 3.14. The maximum atomic E-state index is 13.7. The Bertz CT molecular complexity index is 819. The molecule has 7 heteroatoms. The Morgan fingerprint density at radius 2 is 2.03 bits per heavy atom. The summed E-state index contributed by atoms with van der Waals surface area (Å²) in [4.78, 5) is 11.9. The van der Waals surface area contributed by atoms with Crippen LogP contribution >= 0.6 is 0 Å². The van der Waals surface area contributed by atoms with Gasteiger partial charge in [-0.05, 0) is 6.92 Å². The van der Waals surface area contributed by atoms with Crippen LogP contribution in [0.4, 0.5) is 14.8 Å². The van der Waals surface area contributed by atoms with Crippen LogP contribution < -0.4 is 10.6 Å². The van der Waals surface area contributed by atoms with Crippen molar-refractivity contribution in [3.8, 4) is 0 Å². The number of anilines is 2. The van der Waals surface area contributed by atoms with E-state index in [-0.39, 0.29) is 32.1 Å². The quantitative estimate of drug-likeness (QED) is 0.278. The molecule has 0 radical (unpaired) electrons. The van der Waals surface area contributed by atoms with Gasteiger partial charge in [0, 0.05) is 0 Å².